The average molecular weight is 240 g/mol. The zero-order valence-electron chi connectivity index (χ0n) is 5.41. The lowest BCUT2D eigenvalue weighted by atomic mass is 10.6. The molecule has 1 aromatic heterocycles. The molecule has 0 bridgehead atoms. The minimum absolute atomic E-state index is 0.120. The Balaban J connectivity index is 2.72. The highest BCUT2D eigenvalue weighted by molar-refractivity contribution is 9.10. The van der Waals surface area contributed by atoms with E-state index in [0.29, 0.717) is 5.69 Å². The van der Waals surface area contributed by atoms with Crippen LogP contribution < -0.4 is 4.72 Å². The topological polar surface area (TPSA) is 74.8 Å². The van der Waals surface area contributed by atoms with Crippen molar-refractivity contribution in [2.75, 3.05) is 9.38 Å². The lowest BCUT2D eigenvalue weighted by Crippen LogP contribution is -2.12. The first-order chi connectivity index (χ1) is 5.14. The monoisotopic (exact) mass is 239 g/mol. The molecular weight excluding hydrogens is 234 g/mol. The molecule has 0 atom stereocenters. The van der Waals surface area contributed by atoms with Crippen LogP contribution in [0.25, 0.3) is 0 Å². The van der Waals surface area contributed by atoms with Crippen molar-refractivity contribution in [1.29, 1.82) is 0 Å². The summed E-state index contributed by atoms with van der Waals surface area (Å²) in [6.07, 6.45) is 2.85. The number of nitrogens with zero attached hydrogens (tertiary/aromatic N) is 1. The Labute approximate surface area is 72.4 Å². The number of rotatable bonds is 3. The first-order valence-corrected chi connectivity index (χ1v) is 5.46. The number of sulfonamides is 1. The minimum atomic E-state index is -3.24. The molecule has 11 heavy (non-hydrogen) atoms. The van der Waals surface area contributed by atoms with E-state index in [4.69, 9.17) is 0 Å². The largest absolute Gasteiger partial charge is 0.284 e. The van der Waals surface area contributed by atoms with E-state index in [9.17, 15) is 8.42 Å². The van der Waals surface area contributed by atoms with Gasteiger partial charge in [0, 0.05) is 6.20 Å². The first kappa shape index (κ1) is 8.54. The number of alkyl halides is 1. The Kier molecular flexibility index (Phi) is 2.50. The third-order valence-electron chi connectivity index (χ3n) is 0.915. The summed E-state index contributed by atoms with van der Waals surface area (Å²) in [6, 6.07) is 0. The smallest absolute Gasteiger partial charge is 0.242 e. The van der Waals surface area contributed by atoms with Crippen LogP contribution in [0.3, 0.4) is 0 Å². The Morgan fingerprint density at radius 2 is 2.45 bits per heavy atom. The maximum absolute atomic E-state index is 10.9. The van der Waals surface area contributed by atoms with Gasteiger partial charge in [-0.2, -0.15) is 5.10 Å². The molecule has 0 aliphatic carbocycles. The van der Waals surface area contributed by atoms with Crippen molar-refractivity contribution in [3.8, 4) is 0 Å². The highest BCUT2D eigenvalue weighted by Gasteiger charge is 2.07. The lowest BCUT2D eigenvalue weighted by Gasteiger charge is -1.99. The van der Waals surface area contributed by atoms with Gasteiger partial charge in [0.25, 0.3) is 0 Å². The molecule has 0 unspecified atom stereocenters. The lowest BCUT2D eigenvalue weighted by molar-refractivity contribution is 0.606. The van der Waals surface area contributed by atoms with E-state index in [1.54, 1.807) is 0 Å². The van der Waals surface area contributed by atoms with Crippen LogP contribution in [0.5, 0.6) is 0 Å². The molecule has 0 aliphatic rings. The fourth-order valence-corrected chi connectivity index (χ4v) is 1.38. The summed E-state index contributed by atoms with van der Waals surface area (Å²) in [5, 5.41) is 6.06. The summed E-state index contributed by atoms with van der Waals surface area (Å²) < 4.78 is 23.9. The zero-order valence-corrected chi connectivity index (χ0v) is 7.81. The van der Waals surface area contributed by atoms with Gasteiger partial charge in [0.2, 0.25) is 10.0 Å². The van der Waals surface area contributed by atoms with Gasteiger partial charge >= 0.3 is 0 Å². The van der Waals surface area contributed by atoms with Gasteiger partial charge in [0.15, 0.2) is 0 Å². The number of anilines is 1. The van der Waals surface area contributed by atoms with Crippen LogP contribution >= 0.6 is 15.9 Å². The molecule has 0 saturated carbocycles. The predicted molar refractivity (Wildman–Crippen MR) is 44.9 cm³/mol. The molecule has 0 aromatic carbocycles. The summed E-state index contributed by atoms with van der Waals surface area (Å²) >= 11 is 2.84. The summed E-state index contributed by atoms with van der Waals surface area (Å²) in [5.74, 6) is 0. The second-order valence-electron chi connectivity index (χ2n) is 1.81. The van der Waals surface area contributed by atoms with Crippen LogP contribution in [-0.4, -0.2) is 23.3 Å². The second-order valence-corrected chi connectivity index (χ2v) is 4.84. The van der Waals surface area contributed by atoms with E-state index in [1.165, 1.54) is 12.4 Å². The molecule has 1 aromatic rings. The minimum Gasteiger partial charge on any atom is -0.284 e. The van der Waals surface area contributed by atoms with Crippen molar-refractivity contribution in [1.82, 2.24) is 10.2 Å². The van der Waals surface area contributed by atoms with Gasteiger partial charge in [-0.1, -0.05) is 15.9 Å². The molecule has 0 radical (unpaired) electrons. The molecular formula is C4H6BrN3O2S. The van der Waals surface area contributed by atoms with Crippen LogP contribution in [0, 0.1) is 0 Å². The molecule has 0 fully saturated rings. The quantitative estimate of drug-likeness (QED) is 0.755. The Morgan fingerprint density at radius 1 is 1.73 bits per heavy atom. The van der Waals surface area contributed by atoms with Crippen LogP contribution in [0.2, 0.25) is 0 Å². The number of nitrogens with one attached hydrogen (secondary N) is 2. The number of halogens is 1. The number of hydrogen-bond acceptors (Lipinski definition) is 3. The van der Waals surface area contributed by atoms with Crippen LogP contribution in [0.4, 0.5) is 5.69 Å². The summed E-state index contributed by atoms with van der Waals surface area (Å²) in [5.41, 5.74) is 0.435. The normalized spacial score (nSPS) is 11.4. The highest BCUT2D eigenvalue weighted by Crippen LogP contribution is 2.05. The fourth-order valence-electron chi connectivity index (χ4n) is 0.514. The van der Waals surface area contributed by atoms with Crippen molar-refractivity contribution in [3.05, 3.63) is 12.4 Å². The van der Waals surface area contributed by atoms with Crippen molar-refractivity contribution < 1.29 is 8.42 Å². The molecule has 1 heterocycles. The number of hydrogen-bond donors (Lipinski definition) is 2. The third-order valence-corrected chi connectivity index (χ3v) is 3.56. The van der Waals surface area contributed by atoms with Crippen molar-refractivity contribution in [3.63, 3.8) is 0 Å². The molecule has 62 valence electrons. The van der Waals surface area contributed by atoms with Crippen molar-refractivity contribution in [2.45, 2.75) is 0 Å². The number of aromatic nitrogens is 2. The third kappa shape index (κ3) is 2.51. The Morgan fingerprint density at radius 3 is 2.91 bits per heavy atom. The Bertz CT molecular complexity index is 306. The summed E-state index contributed by atoms with van der Waals surface area (Å²) in [7, 11) is -3.24. The predicted octanol–water partition coefficient (Wildman–Crippen LogP) is 0.504. The molecule has 2 N–H and O–H groups in total. The van der Waals surface area contributed by atoms with Crippen LogP contribution in [-0.2, 0) is 10.0 Å². The zero-order chi connectivity index (χ0) is 8.32. The number of H-pyrrole nitrogens is 1. The maximum atomic E-state index is 10.9. The maximum Gasteiger partial charge on any atom is 0.242 e. The number of aromatic amines is 1. The molecule has 0 spiro atoms. The van der Waals surface area contributed by atoms with E-state index in [2.05, 4.69) is 30.8 Å². The highest BCUT2D eigenvalue weighted by atomic mass is 79.9. The molecule has 0 aliphatic heterocycles. The van der Waals surface area contributed by atoms with Gasteiger partial charge in [-0.15, -0.1) is 0 Å². The molecule has 7 heteroatoms. The van der Waals surface area contributed by atoms with Gasteiger partial charge in [0.1, 0.15) is 4.66 Å². The van der Waals surface area contributed by atoms with E-state index >= 15 is 0 Å². The van der Waals surface area contributed by atoms with Gasteiger partial charge in [-0.3, -0.25) is 9.82 Å². The van der Waals surface area contributed by atoms with Gasteiger partial charge < -0.3 is 0 Å². The standard InChI is InChI=1S/C4H6BrN3O2S/c5-3-11(9,10)8-4-1-6-7-2-4/h1-2,8H,3H2,(H,6,7). The van der Waals surface area contributed by atoms with E-state index in [0.717, 1.165) is 0 Å². The second kappa shape index (κ2) is 3.22. The SMILES string of the molecule is O=S(=O)(CBr)Nc1cn[nH]c1. The summed E-state index contributed by atoms with van der Waals surface area (Å²) in [4.78, 5) is 0. The Hall–Kier alpha value is -0.560. The van der Waals surface area contributed by atoms with Crippen LogP contribution in [0.15, 0.2) is 12.4 Å². The van der Waals surface area contributed by atoms with Gasteiger partial charge in [0.05, 0.1) is 11.9 Å². The molecule has 0 saturated heterocycles. The van der Waals surface area contributed by atoms with Gasteiger partial charge in [-0.05, 0) is 0 Å². The van der Waals surface area contributed by atoms with E-state index in [-0.39, 0.29) is 4.66 Å². The first-order valence-electron chi connectivity index (χ1n) is 2.69. The average Bonchev–Trinajstić information content (AvgIpc) is 2.39. The van der Waals surface area contributed by atoms with E-state index < -0.39 is 10.0 Å². The van der Waals surface area contributed by atoms with E-state index in [1.807, 2.05) is 0 Å². The summed E-state index contributed by atoms with van der Waals surface area (Å²) in [6.45, 7) is 0. The molecule has 1 rings (SSSR count). The fraction of sp³-hybridized carbons (Fsp3) is 0.250. The van der Waals surface area contributed by atoms with Crippen molar-refractivity contribution >= 4 is 31.6 Å². The van der Waals surface area contributed by atoms with Gasteiger partial charge in [-0.25, -0.2) is 8.42 Å². The van der Waals surface area contributed by atoms with Crippen LogP contribution in [0.1, 0.15) is 0 Å². The van der Waals surface area contributed by atoms with Crippen molar-refractivity contribution in [2.24, 2.45) is 0 Å². The molecule has 0 amide bonds. The molecule has 5 nitrogen and oxygen atoms in total.